The van der Waals surface area contributed by atoms with Crippen LogP contribution in [0.4, 0.5) is 0 Å². The van der Waals surface area contributed by atoms with Crippen molar-refractivity contribution in [2.45, 2.75) is 18.9 Å². The van der Waals surface area contributed by atoms with Crippen LogP contribution in [0.3, 0.4) is 0 Å². The number of carbonyl (C=O) groups is 2. The Labute approximate surface area is 96.8 Å². The molecule has 0 aromatic rings. The van der Waals surface area contributed by atoms with Gasteiger partial charge in [-0.3, -0.25) is 4.79 Å². The maximum Gasteiger partial charge on any atom is 0.331 e. The van der Waals surface area contributed by atoms with Crippen LogP contribution < -0.4 is 5.32 Å². The van der Waals surface area contributed by atoms with E-state index in [-0.39, 0.29) is 19.6 Å². The number of hydrogen-bond acceptors (Lipinski definition) is 7. The molecule has 0 spiro atoms. The van der Waals surface area contributed by atoms with Gasteiger partial charge >= 0.3 is 5.97 Å². The fourth-order valence-corrected chi connectivity index (χ4v) is 0.894. The van der Waals surface area contributed by atoms with E-state index in [2.05, 4.69) is 10.2 Å². The second-order valence-corrected chi connectivity index (χ2v) is 2.95. The molecule has 2 N–H and O–H groups in total. The van der Waals surface area contributed by atoms with Gasteiger partial charge in [0.1, 0.15) is 6.04 Å². The van der Waals surface area contributed by atoms with Crippen molar-refractivity contribution in [1.82, 2.24) is 5.32 Å². The van der Waals surface area contributed by atoms with E-state index in [1.165, 1.54) is 0 Å². The number of hydrogen-bond donors (Lipinski definition) is 2. The number of amides is 1. The van der Waals surface area contributed by atoms with E-state index in [4.69, 9.17) is 9.84 Å². The molecule has 0 aromatic carbocycles. The second-order valence-electron chi connectivity index (χ2n) is 2.95. The molecular weight excluding hydrogens is 236 g/mol. The number of carbonyl (C=O) groups excluding carboxylic acids is 2. The van der Waals surface area contributed by atoms with Gasteiger partial charge in [-0.2, -0.15) is 0 Å². The van der Waals surface area contributed by atoms with Crippen LogP contribution in [0.15, 0.2) is 0 Å². The van der Waals surface area contributed by atoms with Crippen LogP contribution in [0.5, 0.6) is 0 Å². The predicted octanol–water partition coefficient (Wildman–Crippen LogP) is -1.37. The van der Waals surface area contributed by atoms with Crippen molar-refractivity contribution >= 4 is 12.4 Å². The van der Waals surface area contributed by atoms with E-state index in [1.54, 1.807) is 0 Å². The van der Waals surface area contributed by atoms with Gasteiger partial charge in [0, 0.05) is 0 Å². The highest BCUT2D eigenvalue weighted by molar-refractivity contribution is 5.78. The number of nitrogens with zero attached hydrogens (tertiary/aromatic N) is 1. The molecule has 0 aliphatic heterocycles. The van der Waals surface area contributed by atoms with Gasteiger partial charge in [-0.25, -0.2) is 4.79 Å². The molecular formula is C8H14N2O7. The van der Waals surface area contributed by atoms with E-state index < -0.39 is 23.7 Å². The summed E-state index contributed by atoms with van der Waals surface area (Å²) in [5, 5.41) is 19.7. The van der Waals surface area contributed by atoms with Crippen LogP contribution in [0, 0.1) is 10.1 Å². The van der Waals surface area contributed by atoms with Crippen molar-refractivity contribution in [3.63, 3.8) is 0 Å². The number of esters is 1. The number of aliphatic hydroxyl groups excluding tert-OH is 1. The lowest BCUT2D eigenvalue weighted by molar-refractivity contribution is -0.757. The number of nitrogens with one attached hydrogen (secondary N) is 1. The van der Waals surface area contributed by atoms with Gasteiger partial charge in [0.05, 0.1) is 19.8 Å². The van der Waals surface area contributed by atoms with Crippen molar-refractivity contribution < 1.29 is 29.4 Å². The number of ether oxygens (including phenoxy) is 1. The topological polar surface area (TPSA) is 128 Å². The molecule has 17 heavy (non-hydrogen) atoms. The minimum atomic E-state index is -1.08. The Morgan fingerprint density at radius 1 is 1.47 bits per heavy atom. The first kappa shape index (κ1) is 15.1. The molecule has 0 heterocycles. The van der Waals surface area contributed by atoms with Crippen LogP contribution in [0.1, 0.15) is 12.8 Å². The molecule has 0 saturated carbocycles. The van der Waals surface area contributed by atoms with Crippen LogP contribution >= 0.6 is 0 Å². The molecule has 1 unspecified atom stereocenters. The summed E-state index contributed by atoms with van der Waals surface area (Å²) in [6, 6.07) is -1.08. The van der Waals surface area contributed by atoms with Crippen LogP contribution in [0.25, 0.3) is 0 Å². The molecule has 1 amide bonds. The van der Waals surface area contributed by atoms with E-state index in [1.807, 2.05) is 0 Å². The summed E-state index contributed by atoms with van der Waals surface area (Å²) in [6.45, 7) is -0.584. The van der Waals surface area contributed by atoms with Gasteiger partial charge in [0.25, 0.3) is 5.09 Å². The Morgan fingerprint density at radius 3 is 2.65 bits per heavy atom. The minimum Gasteiger partial charge on any atom is -0.464 e. The zero-order valence-electron chi connectivity index (χ0n) is 9.03. The van der Waals surface area contributed by atoms with E-state index in [0.717, 1.165) is 0 Å². The molecule has 98 valence electrons. The zero-order chi connectivity index (χ0) is 13.1. The molecule has 0 aliphatic carbocycles. The highest BCUT2D eigenvalue weighted by Gasteiger charge is 2.17. The summed E-state index contributed by atoms with van der Waals surface area (Å²) < 4.78 is 4.71. The number of unbranched alkanes of at least 4 members (excludes halogenated alkanes) is 1. The molecule has 1 atom stereocenters. The first-order valence-corrected chi connectivity index (χ1v) is 4.86. The fraction of sp³-hybridized carbons (Fsp3) is 0.750. The van der Waals surface area contributed by atoms with Crippen molar-refractivity contribution in [1.29, 1.82) is 0 Å². The predicted molar refractivity (Wildman–Crippen MR) is 53.2 cm³/mol. The average molecular weight is 250 g/mol. The first-order chi connectivity index (χ1) is 8.11. The van der Waals surface area contributed by atoms with Crippen LogP contribution in [-0.2, 0) is 19.2 Å². The van der Waals surface area contributed by atoms with Crippen molar-refractivity contribution in [2.24, 2.45) is 0 Å². The van der Waals surface area contributed by atoms with Crippen LogP contribution in [-0.4, -0.2) is 48.4 Å². The minimum absolute atomic E-state index is 0.0386. The smallest absolute Gasteiger partial charge is 0.331 e. The van der Waals surface area contributed by atoms with Gasteiger partial charge < -0.3 is 20.0 Å². The molecule has 9 heteroatoms. The molecule has 0 aromatic heterocycles. The van der Waals surface area contributed by atoms with E-state index in [0.29, 0.717) is 12.8 Å². The summed E-state index contributed by atoms with van der Waals surface area (Å²) in [5.41, 5.74) is 0. The van der Waals surface area contributed by atoms with Gasteiger partial charge in [0.2, 0.25) is 6.41 Å². The summed E-state index contributed by atoms with van der Waals surface area (Å²) in [5.74, 6) is -0.755. The Balaban J connectivity index is 3.56. The molecule has 0 bridgehead atoms. The molecule has 0 saturated heterocycles. The van der Waals surface area contributed by atoms with Gasteiger partial charge in [-0.05, 0) is 12.8 Å². The highest BCUT2D eigenvalue weighted by Crippen LogP contribution is 1.94. The zero-order valence-corrected chi connectivity index (χ0v) is 9.03. The Kier molecular flexibility index (Phi) is 8.29. The summed E-state index contributed by atoms with van der Waals surface area (Å²) in [4.78, 5) is 35.0. The SMILES string of the molecule is O=CNC(CO)C(=O)OCCCCO[N+](=O)[O-]. The maximum absolute atomic E-state index is 11.2. The third-order valence-corrected chi connectivity index (χ3v) is 1.72. The van der Waals surface area contributed by atoms with Crippen LogP contribution in [0.2, 0.25) is 0 Å². The molecule has 0 fully saturated rings. The van der Waals surface area contributed by atoms with Gasteiger partial charge in [0.15, 0.2) is 0 Å². The number of rotatable bonds is 10. The summed E-state index contributed by atoms with van der Waals surface area (Å²) in [7, 11) is 0. The molecule has 0 radical (unpaired) electrons. The Morgan fingerprint density at radius 2 is 2.12 bits per heavy atom. The second kappa shape index (κ2) is 9.33. The Bertz CT molecular complexity index is 258. The lowest BCUT2D eigenvalue weighted by Crippen LogP contribution is -2.40. The average Bonchev–Trinajstić information content (AvgIpc) is 2.29. The lowest BCUT2D eigenvalue weighted by atomic mass is 10.3. The lowest BCUT2D eigenvalue weighted by Gasteiger charge is -2.12. The monoisotopic (exact) mass is 250 g/mol. The van der Waals surface area contributed by atoms with Crippen molar-refractivity contribution in [3.8, 4) is 0 Å². The first-order valence-electron chi connectivity index (χ1n) is 4.86. The third-order valence-electron chi connectivity index (χ3n) is 1.72. The van der Waals surface area contributed by atoms with Crippen molar-refractivity contribution in [2.75, 3.05) is 19.8 Å². The quantitative estimate of drug-likeness (QED) is 0.161. The number of aliphatic hydroxyl groups is 1. The van der Waals surface area contributed by atoms with E-state index in [9.17, 15) is 19.7 Å². The molecule has 0 rings (SSSR count). The van der Waals surface area contributed by atoms with Gasteiger partial charge in [-0.1, -0.05) is 0 Å². The standard InChI is InChI=1S/C8H14N2O7/c11-5-7(9-6-12)8(13)16-3-1-2-4-17-10(14)15/h6-7,11H,1-5H2,(H,9,12). The molecule has 9 nitrogen and oxygen atoms in total. The highest BCUT2D eigenvalue weighted by atomic mass is 16.9. The maximum atomic E-state index is 11.2. The van der Waals surface area contributed by atoms with Gasteiger partial charge in [-0.15, -0.1) is 10.1 Å². The van der Waals surface area contributed by atoms with Crippen molar-refractivity contribution in [3.05, 3.63) is 10.1 Å². The van der Waals surface area contributed by atoms with E-state index >= 15 is 0 Å². The fourth-order valence-electron chi connectivity index (χ4n) is 0.894. The third kappa shape index (κ3) is 7.96. The largest absolute Gasteiger partial charge is 0.464 e. The summed E-state index contributed by atoms with van der Waals surface area (Å²) >= 11 is 0. The summed E-state index contributed by atoms with van der Waals surface area (Å²) in [6.07, 6.45) is 1.03. The Hall–Kier alpha value is -1.90. The molecule has 0 aliphatic rings. The normalized spacial score (nSPS) is 11.4.